The van der Waals surface area contributed by atoms with Crippen molar-refractivity contribution in [2.75, 3.05) is 25.1 Å². The first-order valence-electron chi connectivity index (χ1n) is 6.73. The third-order valence-corrected chi connectivity index (χ3v) is 3.79. The lowest BCUT2D eigenvalue weighted by atomic mass is 10.1. The zero-order chi connectivity index (χ0) is 13.5. The first kappa shape index (κ1) is 14.3. The second kappa shape index (κ2) is 7.45. The monoisotopic (exact) mass is 284 g/mol. The molecule has 19 heavy (non-hydrogen) atoms. The highest BCUT2D eigenvalue weighted by Gasteiger charge is 2.14. The largest absolute Gasteiger partial charge is 0.466 e. The van der Waals surface area contributed by atoms with Crippen LogP contribution in [-0.4, -0.2) is 36.8 Å². The van der Waals surface area contributed by atoms with E-state index in [4.69, 9.17) is 9.47 Å². The number of thiazole rings is 1. The van der Waals surface area contributed by atoms with Gasteiger partial charge >= 0.3 is 5.97 Å². The maximum absolute atomic E-state index is 11.3. The van der Waals surface area contributed by atoms with Gasteiger partial charge in [0.1, 0.15) is 0 Å². The maximum atomic E-state index is 11.3. The molecule has 2 rings (SSSR count). The Morgan fingerprint density at radius 2 is 2.53 bits per heavy atom. The molecule has 0 saturated carbocycles. The molecule has 106 valence electrons. The van der Waals surface area contributed by atoms with Crippen molar-refractivity contribution in [1.29, 1.82) is 0 Å². The Hall–Kier alpha value is -1.14. The summed E-state index contributed by atoms with van der Waals surface area (Å²) in [6.45, 7) is 3.86. The van der Waals surface area contributed by atoms with Crippen LogP contribution in [0.1, 0.15) is 31.9 Å². The van der Waals surface area contributed by atoms with E-state index in [0.29, 0.717) is 6.61 Å². The second-order valence-electron chi connectivity index (χ2n) is 4.50. The number of carbonyl (C=O) groups excluding carboxylic acids is 1. The highest BCUT2D eigenvalue weighted by molar-refractivity contribution is 7.13. The Bertz CT molecular complexity index is 402. The van der Waals surface area contributed by atoms with Crippen LogP contribution in [-0.2, 0) is 20.7 Å². The van der Waals surface area contributed by atoms with Crippen molar-refractivity contribution in [1.82, 2.24) is 4.98 Å². The zero-order valence-corrected chi connectivity index (χ0v) is 12.0. The number of esters is 1. The summed E-state index contributed by atoms with van der Waals surface area (Å²) in [6, 6.07) is 0. The number of nitrogens with zero attached hydrogens (tertiary/aromatic N) is 1. The number of hydrogen-bond acceptors (Lipinski definition) is 6. The van der Waals surface area contributed by atoms with Gasteiger partial charge in [0, 0.05) is 18.5 Å². The average Bonchev–Trinajstić information content (AvgIpc) is 2.85. The summed E-state index contributed by atoms with van der Waals surface area (Å²) in [5, 5.41) is 6.00. The molecule has 1 atom stereocenters. The van der Waals surface area contributed by atoms with Crippen LogP contribution in [0.15, 0.2) is 5.38 Å². The third-order valence-electron chi connectivity index (χ3n) is 2.94. The molecule has 1 unspecified atom stereocenters. The molecule has 1 N–H and O–H groups in total. The molecule has 1 aliphatic rings. The van der Waals surface area contributed by atoms with Gasteiger partial charge < -0.3 is 14.8 Å². The predicted molar refractivity (Wildman–Crippen MR) is 74.5 cm³/mol. The van der Waals surface area contributed by atoms with Crippen molar-refractivity contribution < 1.29 is 14.3 Å². The van der Waals surface area contributed by atoms with E-state index >= 15 is 0 Å². The minimum absolute atomic E-state index is 0.227. The lowest BCUT2D eigenvalue weighted by Crippen LogP contribution is -2.26. The molecule has 0 amide bonds. The summed E-state index contributed by atoms with van der Waals surface area (Å²) in [5.41, 5.74) is 0.760. The molecule has 1 aromatic rings. The number of carbonyl (C=O) groups is 1. The molecule has 1 saturated heterocycles. The van der Waals surface area contributed by atoms with Crippen LogP contribution in [0.2, 0.25) is 0 Å². The van der Waals surface area contributed by atoms with E-state index in [-0.39, 0.29) is 18.5 Å². The maximum Gasteiger partial charge on any atom is 0.311 e. The Morgan fingerprint density at radius 1 is 1.63 bits per heavy atom. The number of hydrogen-bond donors (Lipinski definition) is 1. The van der Waals surface area contributed by atoms with Crippen molar-refractivity contribution in [3.8, 4) is 0 Å². The standard InChI is InChI=1S/C13H20N2O3S/c1-2-17-12(16)7-10-9-19-13(15-10)14-8-11-5-3-4-6-18-11/h9,11H,2-8H2,1H3,(H,14,15). The van der Waals surface area contributed by atoms with E-state index in [0.717, 1.165) is 36.8 Å². The molecule has 1 aliphatic heterocycles. The fourth-order valence-corrected chi connectivity index (χ4v) is 2.72. The summed E-state index contributed by atoms with van der Waals surface area (Å²) < 4.78 is 10.5. The molecule has 1 fully saturated rings. The minimum atomic E-state index is -0.227. The fraction of sp³-hybridized carbons (Fsp3) is 0.692. The summed E-state index contributed by atoms with van der Waals surface area (Å²) in [7, 11) is 0. The Kier molecular flexibility index (Phi) is 5.60. The van der Waals surface area contributed by atoms with Crippen LogP contribution in [0.3, 0.4) is 0 Å². The highest BCUT2D eigenvalue weighted by atomic mass is 32.1. The van der Waals surface area contributed by atoms with Crippen LogP contribution in [0.25, 0.3) is 0 Å². The number of rotatable bonds is 6. The molecular formula is C13H20N2O3S. The zero-order valence-electron chi connectivity index (χ0n) is 11.2. The van der Waals surface area contributed by atoms with Gasteiger partial charge in [-0.2, -0.15) is 0 Å². The van der Waals surface area contributed by atoms with Gasteiger partial charge in [-0.25, -0.2) is 4.98 Å². The molecular weight excluding hydrogens is 264 g/mol. The number of ether oxygens (including phenoxy) is 2. The van der Waals surface area contributed by atoms with E-state index in [1.807, 2.05) is 5.38 Å². The summed E-state index contributed by atoms with van der Waals surface area (Å²) in [5.74, 6) is -0.227. The molecule has 0 spiro atoms. The Balaban J connectivity index is 1.75. The topological polar surface area (TPSA) is 60.5 Å². The van der Waals surface area contributed by atoms with Gasteiger partial charge in [-0.3, -0.25) is 4.79 Å². The molecule has 5 nitrogen and oxygen atoms in total. The van der Waals surface area contributed by atoms with Crippen LogP contribution in [0, 0.1) is 0 Å². The van der Waals surface area contributed by atoms with E-state index in [2.05, 4.69) is 10.3 Å². The number of nitrogens with one attached hydrogen (secondary N) is 1. The quantitative estimate of drug-likeness (QED) is 0.812. The van der Waals surface area contributed by atoms with Crippen LogP contribution < -0.4 is 5.32 Å². The van der Waals surface area contributed by atoms with Gasteiger partial charge in [0.25, 0.3) is 0 Å². The van der Waals surface area contributed by atoms with Crippen molar-refractivity contribution in [3.05, 3.63) is 11.1 Å². The molecule has 6 heteroatoms. The van der Waals surface area contributed by atoms with Gasteiger partial charge in [0.05, 0.1) is 24.8 Å². The van der Waals surface area contributed by atoms with Crippen LogP contribution >= 0.6 is 11.3 Å². The van der Waals surface area contributed by atoms with Gasteiger partial charge in [-0.1, -0.05) is 0 Å². The summed E-state index contributed by atoms with van der Waals surface area (Å²) in [4.78, 5) is 15.7. The number of aromatic nitrogens is 1. The summed E-state index contributed by atoms with van der Waals surface area (Å²) >= 11 is 1.51. The van der Waals surface area contributed by atoms with Crippen LogP contribution in [0.5, 0.6) is 0 Å². The first-order chi connectivity index (χ1) is 9.28. The highest BCUT2D eigenvalue weighted by Crippen LogP contribution is 2.18. The minimum Gasteiger partial charge on any atom is -0.466 e. The number of anilines is 1. The fourth-order valence-electron chi connectivity index (χ4n) is 2.00. The third kappa shape index (κ3) is 4.80. The van der Waals surface area contributed by atoms with E-state index < -0.39 is 0 Å². The van der Waals surface area contributed by atoms with Gasteiger partial charge in [-0.05, 0) is 26.2 Å². The van der Waals surface area contributed by atoms with E-state index in [9.17, 15) is 4.79 Å². The van der Waals surface area contributed by atoms with Gasteiger partial charge in [0.2, 0.25) is 0 Å². The first-order valence-corrected chi connectivity index (χ1v) is 7.61. The Morgan fingerprint density at radius 3 is 3.26 bits per heavy atom. The van der Waals surface area contributed by atoms with Crippen molar-refractivity contribution in [3.63, 3.8) is 0 Å². The van der Waals surface area contributed by atoms with E-state index in [1.165, 1.54) is 17.8 Å². The average molecular weight is 284 g/mol. The van der Waals surface area contributed by atoms with Gasteiger partial charge in [-0.15, -0.1) is 11.3 Å². The lowest BCUT2D eigenvalue weighted by Gasteiger charge is -2.22. The van der Waals surface area contributed by atoms with Gasteiger partial charge in [0.15, 0.2) is 5.13 Å². The molecule has 0 radical (unpaired) electrons. The molecule has 0 bridgehead atoms. The van der Waals surface area contributed by atoms with Crippen molar-refractivity contribution in [2.45, 2.75) is 38.7 Å². The smallest absolute Gasteiger partial charge is 0.311 e. The molecule has 0 aliphatic carbocycles. The normalized spacial score (nSPS) is 19.1. The molecule has 0 aromatic carbocycles. The Labute approximate surface area is 117 Å². The molecule has 2 heterocycles. The van der Waals surface area contributed by atoms with Crippen molar-refractivity contribution >= 4 is 22.4 Å². The molecule has 1 aromatic heterocycles. The van der Waals surface area contributed by atoms with Crippen molar-refractivity contribution in [2.24, 2.45) is 0 Å². The lowest BCUT2D eigenvalue weighted by molar-refractivity contribution is -0.142. The SMILES string of the molecule is CCOC(=O)Cc1csc(NCC2CCCCO2)n1. The summed E-state index contributed by atoms with van der Waals surface area (Å²) in [6.07, 6.45) is 4.03. The van der Waals surface area contributed by atoms with E-state index in [1.54, 1.807) is 6.92 Å². The predicted octanol–water partition coefficient (Wildman–Crippen LogP) is 2.23. The van der Waals surface area contributed by atoms with Crippen LogP contribution in [0.4, 0.5) is 5.13 Å². The second-order valence-corrected chi connectivity index (χ2v) is 5.35.